The number of ether oxygens (including phenoxy) is 1. The Labute approximate surface area is 162 Å². The molecule has 1 aromatic rings. The molecule has 1 aliphatic rings. The van der Waals surface area contributed by atoms with Crippen molar-refractivity contribution in [1.29, 1.82) is 0 Å². The number of carbonyl (C=O) groups is 3. The van der Waals surface area contributed by atoms with Gasteiger partial charge in [-0.2, -0.15) is 0 Å². The minimum absolute atomic E-state index is 0.0382. The van der Waals surface area contributed by atoms with Crippen molar-refractivity contribution in [2.45, 2.75) is 32.1 Å². The number of likely N-dealkylation sites (tertiary alicyclic amines) is 1. The third kappa shape index (κ3) is 6.84. The van der Waals surface area contributed by atoms with Crippen LogP contribution in [0.25, 0.3) is 0 Å². The fraction of sp³-hybridized carbons (Fsp3) is 0.500. The van der Waals surface area contributed by atoms with E-state index in [4.69, 9.17) is 27.9 Å². The van der Waals surface area contributed by atoms with E-state index in [1.54, 1.807) is 18.2 Å². The summed E-state index contributed by atoms with van der Waals surface area (Å²) in [4.78, 5) is 36.9. The fourth-order valence-corrected chi connectivity index (χ4v) is 3.17. The van der Waals surface area contributed by atoms with Gasteiger partial charge in [-0.05, 0) is 37.0 Å². The highest BCUT2D eigenvalue weighted by Crippen LogP contribution is 2.21. The number of nitrogens with one attached hydrogen (secondary N) is 1. The Morgan fingerprint density at radius 1 is 1.19 bits per heavy atom. The molecular weight excluding hydrogens is 379 g/mol. The molecule has 0 unspecified atom stereocenters. The van der Waals surface area contributed by atoms with Gasteiger partial charge in [0, 0.05) is 29.6 Å². The lowest BCUT2D eigenvalue weighted by Crippen LogP contribution is -2.37. The first kappa shape index (κ1) is 20.5. The number of hydrogen-bond acceptors (Lipinski definition) is 4. The normalized spacial score (nSPS) is 14.7. The third-order valence-electron chi connectivity index (χ3n) is 4.09. The number of benzene rings is 1. The Bertz CT molecular complexity index is 667. The van der Waals surface area contributed by atoms with E-state index in [2.05, 4.69) is 5.32 Å². The van der Waals surface area contributed by atoms with Gasteiger partial charge in [0.25, 0.3) is 5.91 Å². The zero-order chi connectivity index (χ0) is 18.9. The van der Waals surface area contributed by atoms with Gasteiger partial charge < -0.3 is 15.0 Å². The van der Waals surface area contributed by atoms with Crippen molar-refractivity contribution >= 4 is 41.0 Å². The van der Waals surface area contributed by atoms with E-state index in [9.17, 15) is 14.4 Å². The van der Waals surface area contributed by atoms with Gasteiger partial charge in [-0.1, -0.05) is 35.7 Å². The van der Waals surface area contributed by atoms with Crippen molar-refractivity contribution in [3.8, 4) is 0 Å². The molecule has 1 heterocycles. The van der Waals surface area contributed by atoms with Crippen molar-refractivity contribution in [3.63, 3.8) is 0 Å². The number of carbonyl (C=O) groups excluding carboxylic acids is 3. The summed E-state index contributed by atoms with van der Waals surface area (Å²) in [6.45, 7) is 0.450. The second-order valence-electron chi connectivity index (χ2n) is 6.12. The maximum atomic E-state index is 11.8. The molecule has 0 saturated carbocycles. The molecule has 0 aliphatic carbocycles. The number of nitrogens with zero attached hydrogens (tertiary/aromatic N) is 1. The predicted octanol–water partition coefficient (Wildman–Crippen LogP) is 2.60. The Balaban J connectivity index is 1.66. The molecule has 1 N–H and O–H groups in total. The first-order valence-electron chi connectivity index (χ1n) is 8.59. The summed E-state index contributed by atoms with van der Waals surface area (Å²) >= 11 is 11.9. The average molecular weight is 401 g/mol. The van der Waals surface area contributed by atoms with Gasteiger partial charge in [-0.3, -0.25) is 14.4 Å². The van der Waals surface area contributed by atoms with Gasteiger partial charge in [-0.25, -0.2) is 0 Å². The summed E-state index contributed by atoms with van der Waals surface area (Å²) in [5.74, 6) is -1.01. The topological polar surface area (TPSA) is 75.7 Å². The molecule has 1 fully saturated rings. The third-order valence-corrected chi connectivity index (χ3v) is 4.67. The highest BCUT2D eigenvalue weighted by Gasteiger charge is 2.20. The second kappa shape index (κ2) is 10.4. The molecule has 6 nitrogen and oxygen atoms in total. The largest absolute Gasteiger partial charge is 0.454 e. The molecule has 1 aliphatic heterocycles. The summed E-state index contributed by atoms with van der Waals surface area (Å²) in [5.41, 5.74) is 0.869. The van der Waals surface area contributed by atoms with E-state index in [0.717, 1.165) is 24.8 Å². The summed E-state index contributed by atoms with van der Waals surface area (Å²) in [6.07, 6.45) is 3.72. The summed E-state index contributed by atoms with van der Waals surface area (Å²) in [7, 11) is 0. The van der Waals surface area contributed by atoms with Gasteiger partial charge in [0.05, 0.1) is 0 Å². The van der Waals surface area contributed by atoms with Crippen LogP contribution in [-0.4, -0.2) is 48.9 Å². The van der Waals surface area contributed by atoms with Gasteiger partial charge in [0.15, 0.2) is 6.61 Å². The molecule has 1 aromatic carbocycles. The van der Waals surface area contributed by atoms with Crippen LogP contribution in [0.4, 0.5) is 0 Å². The first-order valence-corrected chi connectivity index (χ1v) is 9.35. The molecule has 0 aromatic heterocycles. The van der Waals surface area contributed by atoms with Gasteiger partial charge in [0.2, 0.25) is 5.91 Å². The molecule has 142 valence electrons. The maximum absolute atomic E-state index is 11.8. The Kier molecular flexibility index (Phi) is 8.19. The quantitative estimate of drug-likeness (QED) is 0.713. The number of hydrogen-bond donors (Lipinski definition) is 1. The number of rotatable bonds is 7. The molecule has 8 heteroatoms. The minimum Gasteiger partial charge on any atom is -0.454 e. The molecule has 26 heavy (non-hydrogen) atoms. The highest BCUT2D eigenvalue weighted by molar-refractivity contribution is 6.35. The zero-order valence-corrected chi connectivity index (χ0v) is 15.9. The van der Waals surface area contributed by atoms with Crippen molar-refractivity contribution < 1.29 is 19.1 Å². The Morgan fingerprint density at radius 2 is 2.00 bits per heavy atom. The molecule has 2 amide bonds. The molecule has 0 spiro atoms. The van der Waals surface area contributed by atoms with E-state index >= 15 is 0 Å². The highest BCUT2D eigenvalue weighted by atomic mass is 35.5. The monoisotopic (exact) mass is 400 g/mol. The van der Waals surface area contributed by atoms with Crippen molar-refractivity contribution in [3.05, 3.63) is 33.8 Å². The van der Waals surface area contributed by atoms with Crippen LogP contribution in [0.3, 0.4) is 0 Å². The van der Waals surface area contributed by atoms with Gasteiger partial charge >= 0.3 is 5.97 Å². The number of amides is 2. The molecule has 2 rings (SSSR count). The smallest absolute Gasteiger partial charge is 0.326 e. The van der Waals surface area contributed by atoms with Crippen LogP contribution in [0.2, 0.25) is 10.0 Å². The van der Waals surface area contributed by atoms with E-state index in [1.165, 1.54) is 4.90 Å². The predicted molar refractivity (Wildman–Crippen MR) is 99.2 cm³/mol. The SMILES string of the molecule is O=C(COC(=O)CN1CCCCCC1=O)NCCc1ccc(Cl)cc1Cl. The van der Waals surface area contributed by atoms with Crippen LogP contribution in [0.1, 0.15) is 31.2 Å². The Morgan fingerprint density at radius 3 is 2.77 bits per heavy atom. The van der Waals surface area contributed by atoms with Crippen molar-refractivity contribution in [2.75, 3.05) is 26.2 Å². The van der Waals surface area contributed by atoms with Crippen LogP contribution in [0, 0.1) is 0 Å². The summed E-state index contributed by atoms with van der Waals surface area (Å²) in [6, 6.07) is 5.18. The van der Waals surface area contributed by atoms with E-state index < -0.39 is 11.9 Å². The van der Waals surface area contributed by atoms with Crippen LogP contribution in [0.15, 0.2) is 18.2 Å². The number of esters is 1. The molecule has 0 atom stereocenters. The number of halogens is 2. The lowest BCUT2D eigenvalue weighted by atomic mass is 10.1. The second-order valence-corrected chi connectivity index (χ2v) is 6.97. The molecule has 1 saturated heterocycles. The van der Waals surface area contributed by atoms with Gasteiger partial charge in [0.1, 0.15) is 6.54 Å². The van der Waals surface area contributed by atoms with E-state index in [1.807, 2.05) is 0 Å². The van der Waals surface area contributed by atoms with Crippen LogP contribution in [-0.2, 0) is 25.5 Å². The zero-order valence-electron chi connectivity index (χ0n) is 14.4. The van der Waals surface area contributed by atoms with Crippen LogP contribution >= 0.6 is 23.2 Å². The molecule has 0 bridgehead atoms. The van der Waals surface area contributed by atoms with E-state index in [0.29, 0.717) is 36.0 Å². The van der Waals surface area contributed by atoms with Crippen LogP contribution in [0.5, 0.6) is 0 Å². The van der Waals surface area contributed by atoms with Crippen molar-refractivity contribution in [1.82, 2.24) is 10.2 Å². The molecular formula is C18H22Cl2N2O4. The van der Waals surface area contributed by atoms with Crippen molar-refractivity contribution in [2.24, 2.45) is 0 Å². The molecule has 0 radical (unpaired) electrons. The summed E-state index contributed by atoms with van der Waals surface area (Å²) < 4.78 is 4.95. The summed E-state index contributed by atoms with van der Waals surface area (Å²) in [5, 5.41) is 3.76. The fourth-order valence-electron chi connectivity index (χ4n) is 2.67. The Hall–Kier alpha value is -1.79. The average Bonchev–Trinajstić information content (AvgIpc) is 2.80. The lowest BCUT2D eigenvalue weighted by Gasteiger charge is -2.19. The first-order chi connectivity index (χ1) is 12.5. The van der Waals surface area contributed by atoms with Gasteiger partial charge in [-0.15, -0.1) is 0 Å². The minimum atomic E-state index is -0.573. The maximum Gasteiger partial charge on any atom is 0.326 e. The standard InChI is InChI=1S/C18H22Cl2N2O4/c19-14-6-5-13(15(20)10-14)7-8-21-16(23)12-26-18(25)11-22-9-3-1-2-4-17(22)24/h5-6,10H,1-4,7-9,11-12H2,(H,21,23). The van der Waals surface area contributed by atoms with E-state index in [-0.39, 0.29) is 19.1 Å². The lowest BCUT2D eigenvalue weighted by molar-refractivity contribution is -0.152. The van der Waals surface area contributed by atoms with Crippen LogP contribution < -0.4 is 5.32 Å².